The number of piperazine rings is 1. The first-order chi connectivity index (χ1) is 12.0. The van der Waals surface area contributed by atoms with E-state index in [4.69, 9.17) is 0 Å². The minimum atomic E-state index is -0.271. The standard InChI is InChI=1S/C19H26FN3O2/c1-14(15-4-2-5-16(20)11-15)10-18(24)22-8-3-6-17(13-22)23-9-7-21-12-19(23)25/h2,4-5,11,14,17,21H,3,6-10,12-13H2,1H3. The van der Waals surface area contributed by atoms with Crippen LogP contribution in [0.2, 0.25) is 0 Å². The van der Waals surface area contributed by atoms with Gasteiger partial charge in [0.2, 0.25) is 11.8 Å². The van der Waals surface area contributed by atoms with Gasteiger partial charge in [0, 0.05) is 38.6 Å². The van der Waals surface area contributed by atoms with E-state index in [1.807, 2.05) is 22.8 Å². The van der Waals surface area contributed by atoms with Crippen molar-refractivity contribution in [3.8, 4) is 0 Å². The van der Waals surface area contributed by atoms with Crippen molar-refractivity contribution in [2.24, 2.45) is 0 Å². The van der Waals surface area contributed by atoms with Gasteiger partial charge < -0.3 is 15.1 Å². The number of likely N-dealkylation sites (tertiary alicyclic amines) is 1. The average Bonchev–Trinajstić information content (AvgIpc) is 2.62. The quantitative estimate of drug-likeness (QED) is 0.903. The number of piperidine rings is 1. The molecule has 0 aromatic heterocycles. The van der Waals surface area contributed by atoms with Gasteiger partial charge in [0.25, 0.3) is 0 Å². The Morgan fingerprint density at radius 3 is 3.00 bits per heavy atom. The lowest BCUT2D eigenvalue weighted by molar-refractivity contribution is -0.140. The molecule has 1 aromatic carbocycles. The molecule has 0 bridgehead atoms. The number of hydrogen-bond donors (Lipinski definition) is 1. The molecule has 1 N–H and O–H groups in total. The number of halogens is 1. The van der Waals surface area contributed by atoms with Crippen LogP contribution in [0.4, 0.5) is 4.39 Å². The van der Waals surface area contributed by atoms with Crippen molar-refractivity contribution in [1.82, 2.24) is 15.1 Å². The maximum atomic E-state index is 13.4. The topological polar surface area (TPSA) is 52.7 Å². The molecular weight excluding hydrogens is 321 g/mol. The number of rotatable bonds is 4. The molecule has 136 valence electrons. The third-order valence-electron chi connectivity index (χ3n) is 5.21. The van der Waals surface area contributed by atoms with Crippen LogP contribution in [0.1, 0.15) is 37.7 Å². The van der Waals surface area contributed by atoms with Crippen molar-refractivity contribution in [2.45, 2.75) is 38.1 Å². The van der Waals surface area contributed by atoms with Crippen LogP contribution in [0.3, 0.4) is 0 Å². The van der Waals surface area contributed by atoms with Gasteiger partial charge in [-0.05, 0) is 36.5 Å². The summed E-state index contributed by atoms with van der Waals surface area (Å²) in [5, 5.41) is 3.08. The van der Waals surface area contributed by atoms with Crippen molar-refractivity contribution in [3.63, 3.8) is 0 Å². The SMILES string of the molecule is CC(CC(=O)N1CCCC(N2CCNCC2=O)C1)c1cccc(F)c1. The Morgan fingerprint density at radius 2 is 2.24 bits per heavy atom. The zero-order valence-electron chi connectivity index (χ0n) is 14.7. The highest BCUT2D eigenvalue weighted by atomic mass is 19.1. The van der Waals surface area contributed by atoms with Crippen LogP contribution in [-0.4, -0.2) is 60.4 Å². The normalized spacial score (nSPS) is 22.8. The fourth-order valence-corrected chi connectivity index (χ4v) is 3.76. The van der Waals surface area contributed by atoms with Crippen molar-refractivity contribution in [2.75, 3.05) is 32.7 Å². The van der Waals surface area contributed by atoms with Crippen molar-refractivity contribution in [3.05, 3.63) is 35.6 Å². The Kier molecular flexibility index (Phi) is 5.68. The van der Waals surface area contributed by atoms with E-state index in [1.54, 1.807) is 6.07 Å². The Bertz CT molecular complexity index is 637. The molecule has 2 saturated heterocycles. The summed E-state index contributed by atoms with van der Waals surface area (Å²) in [5.41, 5.74) is 0.846. The van der Waals surface area contributed by atoms with E-state index in [1.165, 1.54) is 12.1 Å². The summed E-state index contributed by atoms with van der Waals surface area (Å²) < 4.78 is 13.4. The van der Waals surface area contributed by atoms with E-state index >= 15 is 0 Å². The first-order valence-corrected chi connectivity index (χ1v) is 9.08. The molecule has 6 heteroatoms. The maximum absolute atomic E-state index is 13.4. The molecule has 0 aliphatic carbocycles. The molecule has 1 aromatic rings. The van der Waals surface area contributed by atoms with Crippen LogP contribution in [0.25, 0.3) is 0 Å². The number of carbonyl (C=O) groups is 2. The van der Waals surface area contributed by atoms with E-state index in [2.05, 4.69) is 5.32 Å². The van der Waals surface area contributed by atoms with Gasteiger partial charge in [-0.3, -0.25) is 9.59 Å². The third kappa shape index (κ3) is 4.37. The number of amides is 2. The van der Waals surface area contributed by atoms with Gasteiger partial charge in [-0.2, -0.15) is 0 Å². The zero-order valence-corrected chi connectivity index (χ0v) is 14.7. The second kappa shape index (κ2) is 7.95. The molecule has 2 amide bonds. The van der Waals surface area contributed by atoms with E-state index < -0.39 is 0 Å². The number of nitrogens with zero attached hydrogens (tertiary/aromatic N) is 2. The van der Waals surface area contributed by atoms with Crippen LogP contribution in [0.5, 0.6) is 0 Å². The van der Waals surface area contributed by atoms with Crippen LogP contribution >= 0.6 is 0 Å². The fourth-order valence-electron chi connectivity index (χ4n) is 3.76. The molecule has 2 aliphatic rings. The molecule has 2 atom stereocenters. The van der Waals surface area contributed by atoms with E-state index in [9.17, 15) is 14.0 Å². The van der Waals surface area contributed by atoms with Crippen molar-refractivity contribution < 1.29 is 14.0 Å². The van der Waals surface area contributed by atoms with Gasteiger partial charge in [-0.15, -0.1) is 0 Å². The summed E-state index contributed by atoms with van der Waals surface area (Å²) in [5.74, 6) is -0.0841. The highest BCUT2D eigenvalue weighted by Crippen LogP contribution is 2.23. The van der Waals surface area contributed by atoms with Crippen molar-refractivity contribution in [1.29, 1.82) is 0 Å². The molecule has 0 radical (unpaired) electrons. The highest BCUT2D eigenvalue weighted by Gasteiger charge is 2.31. The number of hydrogen-bond acceptors (Lipinski definition) is 3. The summed E-state index contributed by atoms with van der Waals surface area (Å²) in [6, 6.07) is 6.57. The summed E-state index contributed by atoms with van der Waals surface area (Å²) in [6.07, 6.45) is 2.24. The molecule has 2 unspecified atom stereocenters. The van der Waals surface area contributed by atoms with Crippen LogP contribution in [0.15, 0.2) is 24.3 Å². The Balaban J connectivity index is 1.59. The van der Waals surface area contributed by atoms with Gasteiger partial charge in [0.05, 0.1) is 6.54 Å². The summed E-state index contributed by atoms with van der Waals surface area (Å²) in [7, 11) is 0. The lowest BCUT2D eigenvalue weighted by atomic mass is 9.96. The number of carbonyl (C=O) groups excluding carboxylic acids is 2. The molecule has 3 rings (SSSR count). The summed E-state index contributed by atoms with van der Waals surface area (Å²) in [6.45, 7) is 5.22. The van der Waals surface area contributed by atoms with Crippen LogP contribution < -0.4 is 5.32 Å². The molecule has 2 fully saturated rings. The Hall–Kier alpha value is -1.95. The van der Waals surface area contributed by atoms with E-state index in [0.29, 0.717) is 26.1 Å². The summed E-state index contributed by atoms with van der Waals surface area (Å²) >= 11 is 0. The second-order valence-electron chi connectivity index (χ2n) is 7.06. The predicted molar refractivity (Wildman–Crippen MR) is 93.6 cm³/mol. The lowest BCUT2D eigenvalue weighted by Crippen LogP contribution is -2.57. The highest BCUT2D eigenvalue weighted by molar-refractivity contribution is 5.80. The lowest BCUT2D eigenvalue weighted by Gasteiger charge is -2.41. The van der Waals surface area contributed by atoms with E-state index in [0.717, 1.165) is 31.5 Å². The minimum Gasteiger partial charge on any atom is -0.341 e. The monoisotopic (exact) mass is 347 g/mol. The maximum Gasteiger partial charge on any atom is 0.236 e. The molecule has 2 heterocycles. The van der Waals surface area contributed by atoms with Crippen molar-refractivity contribution >= 4 is 11.8 Å². The predicted octanol–water partition coefficient (Wildman–Crippen LogP) is 1.74. The Morgan fingerprint density at radius 1 is 1.40 bits per heavy atom. The molecule has 2 aliphatic heterocycles. The molecule has 0 saturated carbocycles. The minimum absolute atomic E-state index is 0.0237. The van der Waals surface area contributed by atoms with E-state index in [-0.39, 0.29) is 29.6 Å². The molecule has 0 spiro atoms. The summed E-state index contributed by atoms with van der Waals surface area (Å²) in [4.78, 5) is 28.6. The van der Waals surface area contributed by atoms with Crippen LogP contribution in [-0.2, 0) is 9.59 Å². The van der Waals surface area contributed by atoms with Gasteiger partial charge in [0.15, 0.2) is 0 Å². The van der Waals surface area contributed by atoms with Crippen LogP contribution in [0, 0.1) is 5.82 Å². The first-order valence-electron chi connectivity index (χ1n) is 9.08. The third-order valence-corrected chi connectivity index (χ3v) is 5.21. The molecular formula is C19H26FN3O2. The average molecular weight is 347 g/mol. The fraction of sp³-hybridized carbons (Fsp3) is 0.579. The van der Waals surface area contributed by atoms with Gasteiger partial charge in [0.1, 0.15) is 5.82 Å². The molecule has 25 heavy (non-hydrogen) atoms. The largest absolute Gasteiger partial charge is 0.341 e. The van der Waals surface area contributed by atoms with Gasteiger partial charge in [-0.1, -0.05) is 19.1 Å². The van der Waals surface area contributed by atoms with Gasteiger partial charge in [-0.25, -0.2) is 4.39 Å². The zero-order chi connectivity index (χ0) is 17.8. The Labute approximate surface area is 148 Å². The number of nitrogens with one attached hydrogen (secondary N) is 1. The first kappa shape index (κ1) is 17.9. The molecule has 5 nitrogen and oxygen atoms in total. The van der Waals surface area contributed by atoms with Gasteiger partial charge >= 0.3 is 0 Å². The number of benzene rings is 1. The second-order valence-corrected chi connectivity index (χ2v) is 7.06. The smallest absolute Gasteiger partial charge is 0.236 e.